The van der Waals surface area contributed by atoms with Gasteiger partial charge in [0.05, 0.1) is 0 Å². The Morgan fingerprint density at radius 2 is 0.882 bits per heavy atom. The first kappa shape index (κ1) is 22.0. The van der Waals surface area contributed by atoms with Gasteiger partial charge in [0, 0.05) is 84.1 Å². The van der Waals surface area contributed by atoms with Crippen molar-refractivity contribution in [3.05, 3.63) is 107 Å². The molecular weight excluding hydrogens is 440 g/mol. The van der Waals surface area contributed by atoms with Crippen LogP contribution in [-0.2, 0) is 13.1 Å². The van der Waals surface area contributed by atoms with E-state index in [2.05, 4.69) is 0 Å². The van der Waals surface area contributed by atoms with Crippen molar-refractivity contribution in [2.24, 2.45) is 0 Å². The highest BCUT2D eigenvalue weighted by Gasteiger charge is 2.21. The Morgan fingerprint density at radius 1 is 0.500 bits per heavy atom. The molecule has 2 nitrogen and oxygen atoms in total. The first-order valence-electron chi connectivity index (χ1n) is 10.9. The van der Waals surface area contributed by atoms with Crippen LogP contribution in [0.15, 0.2) is 72.8 Å². The summed E-state index contributed by atoms with van der Waals surface area (Å²) in [6, 6.07) is 19.1. The van der Waals surface area contributed by atoms with Crippen molar-refractivity contribution in [1.82, 2.24) is 0 Å². The molecule has 0 N–H and O–H groups in total. The average Bonchev–Trinajstić information content (AvgIpc) is 2.82. The fourth-order valence-corrected chi connectivity index (χ4v) is 4.59. The maximum atomic E-state index is 15.0. The zero-order valence-electron chi connectivity index (χ0n) is 18.7. The number of para-hydroxylation sites is 2. The van der Waals surface area contributed by atoms with Crippen LogP contribution in [0, 0.1) is 23.3 Å². The summed E-state index contributed by atoms with van der Waals surface area (Å²) in [5, 5.41) is 0. The predicted octanol–water partition coefficient (Wildman–Crippen LogP) is 7.16. The van der Waals surface area contributed by atoms with Gasteiger partial charge < -0.3 is 9.80 Å². The molecule has 0 saturated carbocycles. The quantitative estimate of drug-likeness (QED) is 0.256. The molecule has 0 saturated heterocycles. The molecule has 6 heteroatoms. The number of benzene rings is 4. The second kappa shape index (κ2) is 8.52. The predicted molar refractivity (Wildman–Crippen MR) is 128 cm³/mol. The number of hydrogen-bond donors (Lipinski definition) is 0. The van der Waals surface area contributed by atoms with Crippen molar-refractivity contribution in [2.45, 2.75) is 13.1 Å². The SMILES string of the molecule is CN1Cc2cc(c(F)cc2F)-c2ccccc2N(C)Cc2cc(c(F)cc2F)-c2ccccc21. The molecule has 4 aromatic carbocycles. The normalized spacial score (nSPS) is 13.2. The second-order valence-electron chi connectivity index (χ2n) is 8.59. The average molecular weight is 462 g/mol. The van der Waals surface area contributed by atoms with E-state index >= 15 is 0 Å². The summed E-state index contributed by atoms with van der Waals surface area (Å²) in [5.41, 5.74) is 3.56. The molecule has 0 unspecified atom stereocenters. The molecule has 0 radical (unpaired) electrons. The molecule has 4 bridgehead atoms. The van der Waals surface area contributed by atoms with Crippen LogP contribution in [0.25, 0.3) is 22.3 Å². The van der Waals surface area contributed by atoms with Crippen molar-refractivity contribution in [1.29, 1.82) is 0 Å². The zero-order chi connectivity index (χ0) is 24.0. The Hall–Kier alpha value is -3.80. The first-order valence-corrected chi connectivity index (χ1v) is 10.9. The number of halogens is 4. The molecule has 0 amide bonds. The van der Waals surface area contributed by atoms with E-state index in [1.807, 2.05) is 0 Å². The number of fused-ring (bicyclic) bond motifs is 8. The van der Waals surface area contributed by atoms with Gasteiger partial charge in [0.15, 0.2) is 0 Å². The van der Waals surface area contributed by atoms with Crippen LogP contribution in [0.2, 0.25) is 0 Å². The van der Waals surface area contributed by atoms with Gasteiger partial charge in [0.1, 0.15) is 23.3 Å². The van der Waals surface area contributed by atoms with Gasteiger partial charge in [-0.15, -0.1) is 0 Å². The van der Waals surface area contributed by atoms with Crippen LogP contribution in [-0.4, -0.2) is 14.1 Å². The highest BCUT2D eigenvalue weighted by atomic mass is 19.1. The zero-order valence-corrected chi connectivity index (χ0v) is 18.7. The van der Waals surface area contributed by atoms with Crippen LogP contribution in [0.4, 0.5) is 28.9 Å². The maximum absolute atomic E-state index is 15.0. The summed E-state index contributed by atoms with van der Waals surface area (Å²) >= 11 is 0. The van der Waals surface area contributed by atoms with Crippen LogP contribution in [0.5, 0.6) is 0 Å². The summed E-state index contributed by atoms with van der Waals surface area (Å²) in [5.74, 6) is -2.66. The lowest BCUT2D eigenvalue weighted by molar-refractivity contribution is 0.571. The molecule has 1 heterocycles. The molecule has 5 rings (SSSR count). The van der Waals surface area contributed by atoms with Crippen molar-refractivity contribution >= 4 is 11.4 Å². The minimum Gasteiger partial charge on any atom is -0.370 e. The molecule has 0 aromatic heterocycles. The minimum atomic E-state index is -0.674. The van der Waals surface area contributed by atoms with Gasteiger partial charge in [0.25, 0.3) is 0 Å². The van der Waals surface area contributed by atoms with Gasteiger partial charge in [-0.1, -0.05) is 36.4 Å². The minimum absolute atomic E-state index is 0.129. The fraction of sp³-hybridized carbons (Fsp3) is 0.143. The van der Waals surface area contributed by atoms with Crippen LogP contribution in [0.3, 0.4) is 0 Å². The maximum Gasteiger partial charge on any atom is 0.134 e. The van der Waals surface area contributed by atoms with Crippen LogP contribution < -0.4 is 9.80 Å². The molecule has 4 aromatic rings. The van der Waals surface area contributed by atoms with Gasteiger partial charge in [0.2, 0.25) is 0 Å². The van der Waals surface area contributed by atoms with Gasteiger partial charge in [-0.3, -0.25) is 0 Å². The van der Waals surface area contributed by atoms with Crippen molar-refractivity contribution in [2.75, 3.05) is 23.9 Å². The third-order valence-electron chi connectivity index (χ3n) is 6.30. The largest absolute Gasteiger partial charge is 0.370 e. The van der Waals surface area contributed by atoms with E-state index in [0.717, 1.165) is 12.1 Å². The number of hydrogen-bond acceptors (Lipinski definition) is 2. The third kappa shape index (κ3) is 3.79. The lowest BCUT2D eigenvalue weighted by atomic mass is 9.97. The summed E-state index contributed by atoms with van der Waals surface area (Å²) in [7, 11) is 3.52. The molecule has 1 aliphatic heterocycles. The molecule has 1 aliphatic rings. The molecule has 34 heavy (non-hydrogen) atoms. The van der Waals surface area contributed by atoms with Gasteiger partial charge >= 0.3 is 0 Å². The summed E-state index contributed by atoms with van der Waals surface area (Å²) in [6.07, 6.45) is 0. The number of nitrogens with zero attached hydrogens (tertiary/aromatic N) is 2. The van der Waals surface area contributed by atoms with Crippen molar-refractivity contribution in [3.63, 3.8) is 0 Å². The van der Waals surface area contributed by atoms with Crippen molar-refractivity contribution in [3.8, 4) is 22.3 Å². The Labute approximate surface area is 195 Å². The van der Waals surface area contributed by atoms with E-state index in [0.29, 0.717) is 33.6 Å². The van der Waals surface area contributed by atoms with Gasteiger partial charge in [-0.2, -0.15) is 0 Å². The van der Waals surface area contributed by atoms with Crippen molar-refractivity contribution < 1.29 is 17.6 Å². The molecule has 0 fully saturated rings. The number of anilines is 2. The molecule has 0 aliphatic carbocycles. The highest BCUT2D eigenvalue weighted by Crippen LogP contribution is 2.38. The fourth-order valence-electron chi connectivity index (χ4n) is 4.59. The topological polar surface area (TPSA) is 6.48 Å². The lowest BCUT2D eigenvalue weighted by Gasteiger charge is -2.27. The molecule has 0 spiro atoms. The lowest BCUT2D eigenvalue weighted by Crippen LogP contribution is -2.20. The monoisotopic (exact) mass is 462 g/mol. The van der Waals surface area contributed by atoms with Crippen LogP contribution >= 0.6 is 0 Å². The van der Waals surface area contributed by atoms with E-state index in [1.54, 1.807) is 72.4 Å². The summed E-state index contributed by atoms with van der Waals surface area (Å²) in [4.78, 5) is 3.56. The van der Waals surface area contributed by atoms with E-state index in [9.17, 15) is 17.6 Å². The summed E-state index contributed by atoms with van der Waals surface area (Å²) < 4.78 is 59.7. The molecule has 0 atom stereocenters. The Balaban J connectivity index is 1.79. The van der Waals surface area contributed by atoms with E-state index in [4.69, 9.17) is 0 Å². The molecule has 172 valence electrons. The smallest absolute Gasteiger partial charge is 0.134 e. The van der Waals surface area contributed by atoms with E-state index in [-0.39, 0.29) is 24.2 Å². The van der Waals surface area contributed by atoms with Gasteiger partial charge in [-0.05, 0) is 24.3 Å². The highest BCUT2D eigenvalue weighted by molar-refractivity contribution is 5.81. The van der Waals surface area contributed by atoms with E-state index in [1.165, 1.54) is 12.1 Å². The second-order valence-corrected chi connectivity index (χ2v) is 8.59. The van der Waals surface area contributed by atoms with E-state index < -0.39 is 23.3 Å². The molecular formula is C28H22F4N2. The third-order valence-corrected chi connectivity index (χ3v) is 6.30. The van der Waals surface area contributed by atoms with Crippen LogP contribution in [0.1, 0.15) is 11.1 Å². The standard InChI is InChI=1S/C28H22F4N2/c1-33-15-17-11-22(26(32)13-23(17)29)20-8-4-6-10-28(20)34(2)16-18-12-21(25(31)14-24(18)30)19-7-3-5-9-27(19)33/h3-14H,15-16H2,1-2H3. The first-order chi connectivity index (χ1) is 16.3. The van der Waals surface area contributed by atoms with Gasteiger partial charge in [-0.25, -0.2) is 17.6 Å². The Kier molecular flexibility index (Phi) is 5.52. The Morgan fingerprint density at radius 3 is 1.29 bits per heavy atom. The Bertz CT molecular complexity index is 1290. The number of rotatable bonds is 0. The summed E-state index contributed by atoms with van der Waals surface area (Å²) in [6.45, 7) is 0.258.